The Morgan fingerprint density at radius 1 is 1.07 bits per heavy atom. The smallest absolute Gasteiger partial charge is 0.194 e. The van der Waals surface area contributed by atoms with Crippen molar-refractivity contribution >= 4 is 11.6 Å². The number of rotatable bonds is 4. The fraction of sp³-hybridized carbons (Fsp3) is 0.333. The molecule has 6 heteroatoms. The van der Waals surface area contributed by atoms with Gasteiger partial charge in [-0.25, -0.2) is 9.38 Å². The SMILES string of the molecule is CCNC(=NCc1ccc(C#N)cc1)N1CCN(c2ccc(F)cc2)CC1. The van der Waals surface area contributed by atoms with Crippen LogP contribution in [0, 0.1) is 17.1 Å². The number of nitrogens with zero attached hydrogens (tertiary/aromatic N) is 4. The molecule has 2 aromatic carbocycles. The number of aliphatic imine (C=N–C) groups is 1. The number of hydrogen-bond donors (Lipinski definition) is 1. The zero-order chi connectivity index (χ0) is 19.1. The first-order valence-electron chi connectivity index (χ1n) is 9.22. The lowest BCUT2D eigenvalue weighted by Gasteiger charge is -2.37. The summed E-state index contributed by atoms with van der Waals surface area (Å²) >= 11 is 0. The fourth-order valence-electron chi connectivity index (χ4n) is 3.11. The molecule has 2 aromatic rings. The lowest BCUT2D eigenvalue weighted by atomic mass is 10.1. The van der Waals surface area contributed by atoms with E-state index in [2.05, 4.69) is 28.1 Å². The van der Waals surface area contributed by atoms with Crippen LogP contribution in [0.15, 0.2) is 53.5 Å². The van der Waals surface area contributed by atoms with Crippen molar-refractivity contribution in [2.45, 2.75) is 13.5 Å². The first-order chi connectivity index (χ1) is 13.2. The molecule has 1 aliphatic rings. The fourth-order valence-corrected chi connectivity index (χ4v) is 3.11. The predicted octanol–water partition coefficient (Wildman–Crippen LogP) is 2.99. The molecule has 3 rings (SSSR count). The maximum Gasteiger partial charge on any atom is 0.194 e. The molecule has 1 N–H and O–H groups in total. The third-order valence-electron chi connectivity index (χ3n) is 4.60. The van der Waals surface area contributed by atoms with Crippen LogP contribution in [-0.4, -0.2) is 43.6 Å². The molecule has 1 fully saturated rings. The molecule has 0 amide bonds. The van der Waals surface area contributed by atoms with Crippen LogP contribution in [0.3, 0.4) is 0 Å². The van der Waals surface area contributed by atoms with Gasteiger partial charge in [0, 0.05) is 38.4 Å². The Balaban J connectivity index is 1.61. The number of anilines is 1. The van der Waals surface area contributed by atoms with E-state index in [0.717, 1.165) is 49.9 Å². The molecule has 1 heterocycles. The summed E-state index contributed by atoms with van der Waals surface area (Å²) in [6.45, 7) is 6.90. The van der Waals surface area contributed by atoms with Crippen LogP contribution in [0.4, 0.5) is 10.1 Å². The third kappa shape index (κ3) is 4.98. The Hall–Kier alpha value is -3.07. The molecular weight excluding hydrogens is 341 g/mol. The van der Waals surface area contributed by atoms with Crippen LogP contribution in [0.1, 0.15) is 18.1 Å². The molecule has 0 aliphatic carbocycles. The molecule has 0 bridgehead atoms. The van der Waals surface area contributed by atoms with E-state index in [9.17, 15) is 4.39 Å². The summed E-state index contributed by atoms with van der Waals surface area (Å²) < 4.78 is 13.1. The van der Waals surface area contributed by atoms with Crippen LogP contribution >= 0.6 is 0 Å². The highest BCUT2D eigenvalue weighted by molar-refractivity contribution is 5.80. The molecule has 5 nitrogen and oxygen atoms in total. The van der Waals surface area contributed by atoms with E-state index in [1.807, 2.05) is 36.4 Å². The minimum Gasteiger partial charge on any atom is -0.368 e. The first kappa shape index (κ1) is 18.7. The van der Waals surface area contributed by atoms with Gasteiger partial charge in [0.2, 0.25) is 0 Å². The van der Waals surface area contributed by atoms with Gasteiger partial charge in [0.05, 0.1) is 18.2 Å². The monoisotopic (exact) mass is 365 g/mol. The molecule has 1 saturated heterocycles. The average molecular weight is 365 g/mol. The maximum atomic E-state index is 13.1. The Morgan fingerprint density at radius 3 is 2.33 bits per heavy atom. The quantitative estimate of drug-likeness (QED) is 0.669. The van der Waals surface area contributed by atoms with Crippen LogP contribution in [0.2, 0.25) is 0 Å². The number of hydrogen-bond acceptors (Lipinski definition) is 3. The van der Waals surface area contributed by atoms with Gasteiger partial charge in [0.25, 0.3) is 0 Å². The molecule has 140 valence electrons. The molecule has 27 heavy (non-hydrogen) atoms. The van der Waals surface area contributed by atoms with Gasteiger partial charge in [0.1, 0.15) is 5.82 Å². The highest BCUT2D eigenvalue weighted by atomic mass is 19.1. The van der Waals surface area contributed by atoms with Crippen molar-refractivity contribution in [2.24, 2.45) is 4.99 Å². The molecule has 0 unspecified atom stereocenters. The largest absolute Gasteiger partial charge is 0.368 e. The molecule has 0 atom stereocenters. The van der Waals surface area contributed by atoms with Gasteiger partial charge in [0.15, 0.2) is 5.96 Å². The lowest BCUT2D eigenvalue weighted by Crippen LogP contribution is -2.52. The molecular formula is C21H24FN5. The van der Waals surface area contributed by atoms with E-state index in [-0.39, 0.29) is 5.82 Å². The third-order valence-corrected chi connectivity index (χ3v) is 4.60. The van der Waals surface area contributed by atoms with Gasteiger partial charge in [-0.3, -0.25) is 0 Å². The number of guanidine groups is 1. The lowest BCUT2D eigenvalue weighted by molar-refractivity contribution is 0.372. The summed E-state index contributed by atoms with van der Waals surface area (Å²) in [5, 5.41) is 12.2. The highest BCUT2D eigenvalue weighted by Gasteiger charge is 2.19. The van der Waals surface area contributed by atoms with Gasteiger partial charge in [-0.1, -0.05) is 12.1 Å². The topological polar surface area (TPSA) is 54.7 Å². The van der Waals surface area contributed by atoms with Crippen molar-refractivity contribution in [1.29, 1.82) is 5.26 Å². The van der Waals surface area contributed by atoms with Crippen LogP contribution in [-0.2, 0) is 6.54 Å². The van der Waals surface area contributed by atoms with Crippen molar-refractivity contribution < 1.29 is 4.39 Å². The molecule has 0 aromatic heterocycles. The molecule has 0 saturated carbocycles. The zero-order valence-electron chi connectivity index (χ0n) is 15.5. The van der Waals surface area contributed by atoms with E-state index >= 15 is 0 Å². The van der Waals surface area contributed by atoms with Crippen molar-refractivity contribution in [3.8, 4) is 6.07 Å². The second-order valence-electron chi connectivity index (χ2n) is 6.43. The number of benzene rings is 2. The normalized spacial score (nSPS) is 14.8. The minimum atomic E-state index is -0.207. The van der Waals surface area contributed by atoms with Crippen LogP contribution in [0.5, 0.6) is 0 Å². The number of halogens is 1. The van der Waals surface area contributed by atoms with Gasteiger partial charge < -0.3 is 15.1 Å². The molecule has 0 spiro atoms. The summed E-state index contributed by atoms with van der Waals surface area (Å²) in [6, 6.07) is 16.3. The van der Waals surface area contributed by atoms with Crippen molar-refractivity contribution in [3.05, 3.63) is 65.5 Å². The molecule has 1 aliphatic heterocycles. The molecule has 0 radical (unpaired) electrons. The van der Waals surface area contributed by atoms with Gasteiger partial charge >= 0.3 is 0 Å². The summed E-state index contributed by atoms with van der Waals surface area (Å²) in [5.74, 6) is 0.697. The van der Waals surface area contributed by atoms with Crippen LogP contribution in [0.25, 0.3) is 0 Å². The second-order valence-corrected chi connectivity index (χ2v) is 6.43. The second kappa shape index (κ2) is 9.04. The van der Waals surface area contributed by atoms with Crippen molar-refractivity contribution in [2.75, 3.05) is 37.6 Å². The minimum absolute atomic E-state index is 0.207. The van der Waals surface area contributed by atoms with E-state index < -0.39 is 0 Å². The van der Waals surface area contributed by atoms with Crippen LogP contribution < -0.4 is 10.2 Å². The summed E-state index contributed by atoms with van der Waals surface area (Å²) in [6.07, 6.45) is 0. The Bertz CT molecular complexity index is 800. The highest BCUT2D eigenvalue weighted by Crippen LogP contribution is 2.17. The van der Waals surface area contributed by atoms with Gasteiger partial charge in [-0.15, -0.1) is 0 Å². The number of nitrogens with one attached hydrogen (secondary N) is 1. The summed E-state index contributed by atoms with van der Waals surface area (Å²) in [7, 11) is 0. The zero-order valence-corrected chi connectivity index (χ0v) is 15.5. The van der Waals surface area contributed by atoms with E-state index in [0.29, 0.717) is 12.1 Å². The number of nitriles is 1. The summed E-state index contributed by atoms with van der Waals surface area (Å²) in [5.41, 5.74) is 2.79. The maximum absolute atomic E-state index is 13.1. The van der Waals surface area contributed by atoms with Gasteiger partial charge in [-0.05, 0) is 48.9 Å². The summed E-state index contributed by atoms with van der Waals surface area (Å²) in [4.78, 5) is 9.27. The first-order valence-corrected chi connectivity index (χ1v) is 9.22. The van der Waals surface area contributed by atoms with E-state index in [1.165, 1.54) is 12.1 Å². The Kier molecular flexibility index (Phi) is 6.26. The van der Waals surface area contributed by atoms with E-state index in [4.69, 9.17) is 10.3 Å². The van der Waals surface area contributed by atoms with E-state index in [1.54, 1.807) is 0 Å². The standard InChI is InChI=1S/C21H24FN5/c1-2-24-21(25-16-18-5-3-17(15-23)4-6-18)27-13-11-26(12-14-27)20-9-7-19(22)8-10-20/h3-10H,2,11-14,16H2,1H3,(H,24,25). The van der Waals surface area contributed by atoms with Crippen molar-refractivity contribution in [3.63, 3.8) is 0 Å². The number of piperazine rings is 1. The Morgan fingerprint density at radius 2 is 1.74 bits per heavy atom. The average Bonchev–Trinajstić information content (AvgIpc) is 2.72. The predicted molar refractivity (Wildman–Crippen MR) is 106 cm³/mol. The van der Waals surface area contributed by atoms with Gasteiger partial charge in [-0.2, -0.15) is 5.26 Å². The van der Waals surface area contributed by atoms with Crippen molar-refractivity contribution in [1.82, 2.24) is 10.2 Å². The Labute approximate surface area is 159 Å².